The van der Waals surface area contributed by atoms with E-state index in [2.05, 4.69) is 11.8 Å². The number of nitrogens with zero attached hydrogens (tertiary/aromatic N) is 1. The fourth-order valence-electron chi connectivity index (χ4n) is 2.06. The molecule has 0 saturated carbocycles. The first-order valence-electron chi connectivity index (χ1n) is 6.93. The van der Waals surface area contributed by atoms with Gasteiger partial charge in [0.15, 0.2) is 0 Å². The van der Waals surface area contributed by atoms with Crippen LogP contribution in [-0.2, 0) is 4.74 Å². The van der Waals surface area contributed by atoms with E-state index in [1.54, 1.807) is 24.3 Å². The first-order chi connectivity index (χ1) is 10.2. The summed E-state index contributed by atoms with van der Waals surface area (Å²) in [5, 5.41) is 0.531. The van der Waals surface area contributed by atoms with Gasteiger partial charge in [0.05, 0.1) is 12.1 Å². The van der Waals surface area contributed by atoms with Crippen LogP contribution in [0.2, 0.25) is 5.02 Å². The highest BCUT2D eigenvalue weighted by Gasteiger charge is 2.09. The van der Waals surface area contributed by atoms with Crippen molar-refractivity contribution in [1.82, 2.24) is 0 Å². The third-order valence-electron chi connectivity index (χ3n) is 3.16. The molecule has 0 heterocycles. The lowest BCUT2D eigenvalue weighted by molar-refractivity contribution is 0.0515. The van der Waals surface area contributed by atoms with Crippen molar-refractivity contribution in [2.45, 2.75) is 6.92 Å². The van der Waals surface area contributed by atoms with E-state index in [-0.39, 0.29) is 5.97 Å². The Morgan fingerprint density at radius 2 is 1.90 bits per heavy atom. The van der Waals surface area contributed by atoms with Crippen LogP contribution in [0.1, 0.15) is 17.3 Å². The summed E-state index contributed by atoms with van der Waals surface area (Å²) in [4.78, 5) is 14.1. The van der Waals surface area contributed by atoms with E-state index in [0.29, 0.717) is 23.7 Å². The molecular formula is C17H18ClNO2. The molecular weight excluding hydrogens is 286 g/mol. The molecule has 4 heteroatoms. The van der Waals surface area contributed by atoms with E-state index >= 15 is 0 Å². The average Bonchev–Trinajstić information content (AvgIpc) is 2.52. The van der Waals surface area contributed by atoms with Crippen LogP contribution in [-0.4, -0.2) is 25.7 Å². The second kappa shape index (κ2) is 7.70. The second-order valence-electron chi connectivity index (χ2n) is 4.56. The van der Waals surface area contributed by atoms with Crippen LogP contribution in [0.15, 0.2) is 54.6 Å². The van der Waals surface area contributed by atoms with Gasteiger partial charge >= 0.3 is 5.97 Å². The predicted octanol–water partition coefficient (Wildman–Crippen LogP) is 4.02. The van der Waals surface area contributed by atoms with Gasteiger partial charge < -0.3 is 9.64 Å². The van der Waals surface area contributed by atoms with Crippen LogP contribution in [0.3, 0.4) is 0 Å². The van der Waals surface area contributed by atoms with Gasteiger partial charge in [-0.2, -0.15) is 0 Å². The summed E-state index contributed by atoms with van der Waals surface area (Å²) in [5.41, 5.74) is 1.60. The average molecular weight is 304 g/mol. The van der Waals surface area contributed by atoms with Gasteiger partial charge in [-0.05, 0) is 37.3 Å². The zero-order valence-corrected chi connectivity index (χ0v) is 12.7. The molecule has 0 aliphatic rings. The van der Waals surface area contributed by atoms with Crippen molar-refractivity contribution in [2.24, 2.45) is 0 Å². The summed E-state index contributed by atoms with van der Waals surface area (Å²) in [7, 11) is 0. The number of anilines is 1. The van der Waals surface area contributed by atoms with E-state index in [4.69, 9.17) is 16.3 Å². The fourth-order valence-corrected chi connectivity index (χ4v) is 2.25. The maximum atomic E-state index is 11.9. The molecule has 110 valence electrons. The molecule has 0 atom stereocenters. The number of carbonyl (C=O) groups is 1. The molecule has 0 bridgehead atoms. The van der Waals surface area contributed by atoms with Crippen molar-refractivity contribution in [2.75, 3.05) is 24.6 Å². The van der Waals surface area contributed by atoms with Gasteiger partial charge in [0.25, 0.3) is 0 Å². The fraction of sp³-hybridized carbons (Fsp3) is 0.235. The first-order valence-corrected chi connectivity index (χ1v) is 7.31. The quantitative estimate of drug-likeness (QED) is 0.755. The molecule has 2 rings (SSSR count). The molecule has 2 aromatic rings. The lowest BCUT2D eigenvalue weighted by atomic mass is 10.2. The van der Waals surface area contributed by atoms with Gasteiger partial charge in [0.1, 0.15) is 6.61 Å². The lowest BCUT2D eigenvalue weighted by Gasteiger charge is -2.22. The standard InChI is InChI=1S/C17H18ClNO2/c1-2-19(16-9-4-3-5-10-16)11-12-21-17(20)14-7-6-8-15(18)13-14/h3-10,13H,2,11-12H2,1H3. The number of benzene rings is 2. The molecule has 3 nitrogen and oxygen atoms in total. The smallest absolute Gasteiger partial charge is 0.338 e. The number of halogens is 1. The Bertz CT molecular complexity index is 586. The molecule has 0 N–H and O–H groups in total. The second-order valence-corrected chi connectivity index (χ2v) is 5.00. The third-order valence-corrected chi connectivity index (χ3v) is 3.39. The highest BCUT2D eigenvalue weighted by atomic mass is 35.5. The molecule has 0 aliphatic carbocycles. The maximum absolute atomic E-state index is 11.9. The van der Waals surface area contributed by atoms with Crippen molar-refractivity contribution in [1.29, 1.82) is 0 Å². The number of para-hydroxylation sites is 1. The molecule has 0 aromatic heterocycles. The van der Waals surface area contributed by atoms with E-state index in [0.717, 1.165) is 12.2 Å². The van der Waals surface area contributed by atoms with Crippen LogP contribution in [0, 0.1) is 0 Å². The summed E-state index contributed by atoms with van der Waals surface area (Å²) in [6.07, 6.45) is 0. The lowest BCUT2D eigenvalue weighted by Crippen LogP contribution is -2.27. The Morgan fingerprint density at radius 3 is 2.57 bits per heavy atom. The number of likely N-dealkylation sites (N-methyl/N-ethyl adjacent to an activating group) is 1. The third kappa shape index (κ3) is 4.50. The first kappa shape index (κ1) is 15.4. The zero-order valence-electron chi connectivity index (χ0n) is 12.0. The molecule has 2 aromatic carbocycles. The van der Waals surface area contributed by atoms with Crippen molar-refractivity contribution in [3.63, 3.8) is 0 Å². The molecule has 0 unspecified atom stereocenters. The van der Waals surface area contributed by atoms with Gasteiger partial charge in [-0.15, -0.1) is 0 Å². The number of esters is 1. The number of hydrogen-bond acceptors (Lipinski definition) is 3. The summed E-state index contributed by atoms with van der Waals surface area (Å²) >= 11 is 5.86. The molecule has 0 aliphatic heterocycles. The van der Waals surface area contributed by atoms with Gasteiger partial charge in [-0.3, -0.25) is 0 Å². The van der Waals surface area contributed by atoms with E-state index in [1.165, 1.54) is 0 Å². The molecule has 0 amide bonds. The van der Waals surface area contributed by atoms with E-state index in [9.17, 15) is 4.79 Å². The molecule has 0 radical (unpaired) electrons. The monoisotopic (exact) mass is 303 g/mol. The molecule has 0 fully saturated rings. The number of hydrogen-bond donors (Lipinski definition) is 0. The van der Waals surface area contributed by atoms with Gasteiger partial charge in [-0.25, -0.2) is 4.79 Å². The topological polar surface area (TPSA) is 29.5 Å². The summed E-state index contributed by atoms with van der Waals surface area (Å²) in [5.74, 6) is -0.346. The van der Waals surface area contributed by atoms with E-state index < -0.39 is 0 Å². The van der Waals surface area contributed by atoms with Crippen molar-refractivity contribution < 1.29 is 9.53 Å². The minimum atomic E-state index is -0.346. The Labute approximate surface area is 130 Å². The van der Waals surface area contributed by atoms with Gasteiger partial charge in [-0.1, -0.05) is 35.9 Å². The SMILES string of the molecule is CCN(CCOC(=O)c1cccc(Cl)c1)c1ccccc1. The number of ether oxygens (including phenoxy) is 1. The van der Waals surface area contributed by atoms with Crippen molar-refractivity contribution in [3.05, 3.63) is 65.2 Å². The highest BCUT2D eigenvalue weighted by molar-refractivity contribution is 6.30. The Balaban J connectivity index is 1.87. The molecule has 0 spiro atoms. The maximum Gasteiger partial charge on any atom is 0.338 e. The van der Waals surface area contributed by atoms with Gasteiger partial charge in [0.2, 0.25) is 0 Å². The van der Waals surface area contributed by atoms with Crippen molar-refractivity contribution in [3.8, 4) is 0 Å². The Hall–Kier alpha value is -2.00. The highest BCUT2D eigenvalue weighted by Crippen LogP contribution is 2.13. The van der Waals surface area contributed by atoms with Gasteiger partial charge in [0, 0.05) is 17.3 Å². The van der Waals surface area contributed by atoms with E-state index in [1.807, 2.05) is 30.3 Å². The van der Waals surface area contributed by atoms with Crippen LogP contribution >= 0.6 is 11.6 Å². The molecule has 21 heavy (non-hydrogen) atoms. The summed E-state index contributed by atoms with van der Waals surface area (Å²) in [6, 6.07) is 16.8. The van der Waals surface area contributed by atoms with Crippen LogP contribution in [0.25, 0.3) is 0 Å². The molecule has 0 saturated heterocycles. The normalized spacial score (nSPS) is 10.2. The van der Waals surface area contributed by atoms with Crippen molar-refractivity contribution >= 4 is 23.3 Å². The number of carbonyl (C=O) groups excluding carboxylic acids is 1. The van der Waals surface area contributed by atoms with Crippen LogP contribution in [0.5, 0.6) is 0 Å². The zero-order chi connectivity index (χ0) is 15.1. The number of rotatable bonds is 6. The minimum Gasteiger partial charge on any atom is -0.460 e. The minimum absolute atomic E-state index is 0.341. The Morgan fingerprint density at radius 1 is 1.14 bits per heavy atom. The Kier molecular flexibility index (Phi) is 5.64. The summed E-state index contributed by atoms with van der Waals surface area (Å²) < 4.78 is 5.30. The largest absolute Gasteiger partial charge is 0.460 e. The summed E-state index contributed by atoms with van der Waals surface area (Å²) in [6.45, 7) is 3.94. The van der Waals surface area contributed by atoms with Crippen LogP contribution in [0.4, 0.5) is 5.69 Å². The van der Waals surface area contributed by atoms with Crippen LogP contribution < -0.4 is 4.90 Å². The predicted molar refractivity (Wildman–Crippen MR) is 86.1 cm³/mol.